The average molecular weight is 233 g/mol. The Morgan fingerprint density at radius 2 is 2.50 bits per heavy atom. The maximum absolute atomic E-state index is 4.31. The quantitative estimate of drug-likeness (QED) is 0.798. The van der Waals surface area contributed by atoms with Crippen LogP contribution in [-0.2, 0) is 13.0 Å². The third-order valence-electron chi connectivity index (χ3n) is 3.35. The first-order valence-electron chi connectivity index (χ1n) is 5.84. The van der Waals surface area contributed by atoms with Crippen LogP contribution in [0.2, 0.25) is 0 Å². The number of hydrogen-bond acceptors (Lipinski definition) is 3. The Kier molecular flexibility index (Phi) is 2.52. The van der Waals surface area contributed by atoms with E-state index in [-0.39, 0.29) is 0 Å². The minimum Gasteiger partial charge on any atom is -0.317 e. The first-order chi connectivity index (χ1) is 7.90. The van der Waals surface area contributed by atoms with Gasteiger partial charge in [0, 0.05) is 17.3 Å². The van der Waals surface area contributed by atoms with Gasteiger partial charge in [0.05, 0.1) is 0 Å². The van der Waals surface area contributed by atoms with E-state index >= 15 is 0 Å². The molecule has 84 valence electrons. The van der Waals surface area contributed by atoms with E-state index in [1.807, 2.05) is 17.7 Å². The van der Waals surface area contributed by atoms with Gasteiger partial charge in [-0.2, -0.15) is 0 Å². The molecule has 0 saturated heterocycles. The summed E-state index contributed by atoms with van der Waals surface area (Å²) in [6, 6.07) is 2.26. The molecular formula is C12H15N3S. The zero-order valence-corrected chi connectivity index (χ0v) is 10.2. The zero-order valence-electron chi connectivity index (χ0n) is 9.39. The minimum atomic E-state index is 0.470. The molecule has 1 unspecified atom stereocenters. The molecule has 3 nitrogen and oxygen atoms in total. The minimum absolute atomic E-state index is 0.470. The molecule has 0 aliphatic heterocycles. The first kappa shape index (κ1) is 10.0. The maximum Gasteiger partial charge on any atom is 0.140 e. The van der Waals surface area contributed by atoms with Gasteiger partial charge in [0.1, 0.15) is 12.2 Å². The summed E-state index contributed by atoms with van der Waals surface area (Å²) in [6.07, 6.45) is 5.57. The second-order valence-electron chi connectivity index (χ2n) is 4.22. The van der Waals surface area contributed by atoms with E-state index < -0.39 is 0 Å². The number of nitrogens with zero attached hydrogens (tertiary/aromatic N) is 3. The molecule has 0 amide bonds. The van der Waals surface area contributed by atoms with Gasteiger partial charge in [0.25, 0.3) is 0 Å². The van der Waals surface area contributed by atoms with Crippen molar-refractivity contribution in [2.75, 3.05) is 0 Å². The highest BCUT2D eigenvalue weighted by atomic mass is 32.1. The SMILES string of the molecule is CCn1cnnc1C1CCCc2sccc21. The van der Waals surface area contributed by atoms with E-state index in [4.69, 9.17) is 0 Å². The molecule has 0 saturated carbocycles. The van der Waals surface area contributed by atoms with Crippen LogP contribution in [0.5, 0.6) is 0 Å². The molecule has 1 aliphatic rings. The van der Waals surface area contributed by atoms with E-state index in [9.17, 15) is 0 Å². The Bertz CT molecular complexity index is 486. The second-order valence-corrected chi connectivity index (χ2v) is 5.22. The molecule has 1 aliphatic carbocycles. The monoisotopic (exact) mass is 233 g/mol. The summed E-state index contributed by atoms with van der Waals surface area (Å²) in [6.45, 7) is 3.10. The van der Waals surface area contributed by atoms with Gasteiger partial charge >= 0.3 is 0 Å². The van der Waals surface area contributed by atoms with Crippen molar-refractivity contribution >= 4 is 11.3 Å². The van der Waals surface area contributed by atoms with Crippen molar-refractivity contribution < 1.29 is 0 Å². The molecule has 1 atom stereocenters. The summed E-state index contributed by atoms with van der Waals surface area (Å²) >= 11 is 1.88. The molecule has 3 rings (SSSR count). The second kappa shape index (κ2) is 4.01. The van der Waals surface area contributed by atoms with Crippen LogP contribution >= 0.6 is 11.3 Å². The third kappa shape index (κ3) is 1.48. The van der Waals surface area contributed by atoms with Gasteiger partial charge in [-0.3, -0.25) is 0 Å². The summed E-state index contributed by atoms with van der Waals surface area (Å²) in [4.78, 5) is 1.54. The lowest BCUT2D eigenvalue weighted by Crippen LogP contribution is -2.13. The fraction of sp³-hybridized carbons (Fsp3) is 0.500. The molecule has 4 heteroatoms. The lowest BCUT2D eigenvalue weighted by molar-refractivity contribution is 0.563. The number of fused-ring (bicyclic) bond motifs is 1. The molecule has 0 fully saturated rings. The van der Waals surface area contributed by atoms with Gasteiger partial charge in [-0.05, 0) is 43.2 Å². The van der Waals surface area contributed by atoms with Crippen LogP contribution in [0.3, 0.4) is 0 Å². The van der Waals surface area contributed by atoms with Gasteiger partial charge in [0.2, 0.25) is 0 Å². The highest BCUT2D eigenvalue weighted by Crippen LogP contribution is 2.38. The molecule has 0 radical (unpaired) electrons. The zero-order chi connectivity index (χ0) is 11.0. The number of hydrogen-bond donors (Lipinski definition) is 0. The van der Waals surface area contributed by atoms with Crippen LogP contribution in [0.25, 0.3) is 0 Å². The largest absolute Gasteiger partial charge is 0.317 e. The standard InChI is InChI=1S/C12H15N3S/c1-2-15-8-13-14-12(15)10-4-3-5-11-9(10)6-7-16-11/h6-8,10H,2-5H2,1H3. The smallest absolute Gasteiger partial charge is 0.140 e. The Hall–Kier alpha value is -1.16. The van der Waals surface area contributed by atoms with Crippen molar-refractivity contribution in [2.24, 2.45) is 0 Å². The number of aryl methyl sites for hydroxylation is 2. The molecule has 2 heterocycles. The molecule has 2 aromatic heterocycles. The van der Waals surface area contributed by atoms with Crippen molar-refractivity contribution in [2.45, 2.75) is 38.6 Å². The molecule has 0 spiro atoms. The molecule has 0 aromatic carbocycles. The lowest BCUT2D eigenvalue weighted by atomic mass is 9.87. The fourth-order valence-corrected chi connectivity index (χ4v) is 3.52. The van der Waals surface area contributed by atoms with Crippen molar-refractivity contribution in [3.63, 3.8) is 0 Å². The average Bonchev–Trinajstić information content (AvgIpc) is 2.96. The fourth-order valence-electron chi connectivity index (χ4n) is 2.53. The number of rotatable bonds is 2. The van der Waals surface area contributed by atoms with Crippen LogP contribution in [-0.4, -0.2) is 14.8 Å². The highest BCUT2D eigenvalue weighted by Gasteiger charge is 2.26. The third-order valence-corrected chi connectivity index (χ3v) is 4.35. The predicted molar refractivity (Wildman–Crippen MR) is 64.8 cm³/mol. The van der Waals surface area contributed by atoms with E-state index in [1.54, 1.807) is 4.88 Å². The summed E-state index contributed by atoms with van der Waals surface area (Å²) in [5.41, 5.74) is 1.49. The summed E-state index contributed by atoms with van der Waals surface area (Å²) in [7, 11) is 0. The summed E-state index contributed by atoms with van der Waals surface area (Å²) in [5, 5.41) is 10.6. The van der Waals surface area contributed by atoms with Crippen LogP contribution in [0.1, 0.15) is 41.9 Å². The van der Waals surface area contributed by atoms with Gasteiger partial charge < -0.3 is 4.57 Å². The number of thiophene rings is 1. The van der Waals surface area contributed by atoms with Crippen LogP contribution in [0.4, 0.5) is 0 Å². The van der Waals surface area contributed by atoms with Gasteiger partial charge in [0.15, 0.2) is 0 Å². The predicted octanol–water partition coefficient (Wildman–Crippen LogP) is 2.83. The summed E-state index contributed by atoms with van der Waals surface area (Å²) < 4.78 is 2.16. The van der Waals surface area contributed by atoms with Crippen molar-refractivity contribution in [1.82, 2.24) is 14.8 Å². The molecule has 2 aromatic rings. The topological polar surface area (TPSA) is 30.7 Å². The Morgan fingerprint density at radius 3 is 3.38 bits per heavy atom. The lowest BCUT2D eigenvalue weighted by Gasteiger charge is -2.22. The van der Waals surface area contributed by atoms with E-state index in [0.717, 1.165) is 12.4 Å². The van der Waals surface area contributed by atoms with Crippen molar-refractivity contribution in [3.8, 4) is 0 Å². The number of aromatic nitrogens is 3. The Balaban J connectivity index is 2.04. The van der Waals surface area contributed by atoms with Crippen LogP contribution < -0.4 is 0 Å². The molecule has 16 heavy (non-hydrogen) atoms. The Morgan fingerprint density at radius 1 is 1.56 bits per heavy atom. The highest BCUT2D eigenvalue weighted by molar-refractivity contribution is 7.10. The first-order valence-corrected chi connectivity index (χ1v) is 6.72. The maximum atomic E-state index is 4.31. The molecule has 0 bridgehead atoms. The molecule has 0 N–H and O–H groups in total. The van der Waals surface area contributed by atoms with E-state index in [1.165, 1.54) is 24.8 Å². The Labute approximate surface area is 99.1 Å². The van der Waals surface area contributed by atoms with Gasteiger partial charge in [-0.1, -0.05) is 0 Å². The van der Waals surface area contributed by atoms with Crippen LogP contribution in [0.15, 0.2) is 17.8 Å². The van der Waals surface area contributed by atoms with Crippen molar-refractivity contribution in [3.05, 3.63) is 34.0 Å². The van der Waals surface area contributed by atoms with Crippen LogP contribution in [0, 0.1) is 0 Å². The normalized spacial score (nSPS) is 19.7. The summed E-state index contributed by atoms with van der Waals surface area (Å²) in [5.74, 6) is 1.61. The van der Waals surface area contributed by atoms with E-state index in [2.05, 4.69) is 33.1 Å². The van der Waals surface area contributed by atoms with Gasteiger partial charge in [-0.15, -0.1) is 21.5 Å². The van der Waals surface area contributed by atoms with Crippen molar-refractivity contribution in [1.29, 1.82) is 0 Å². The molecular weight excluding hydrogens is 218 g/mol. The van der Waals surface area contributed by atoms with Gasteiger partial charge in [-0.25, -0.2) is 0 Å². The van der Waals surface area contributed by atoms with E-state index in [0.29, 0.717) is 5.92 Å².